The third kappa shape index (κ3) is 1.70. The van der Waals surface area contributed by atoms with Crippen LogP contribution < -0.4 is 0 Å². The van der Waals surface area contributed by atoms with Crippen LogP contribution in [0.25, 0.3) is 0 Å². The van der Waals surface area contributed by atoms with Crippen molar-refractivity contribution < 1.29 is 4.74 Å². The molecule has 27 heavy (non-hydrogen) atoms. The Labute approximate surface area is 214 Å². The molecule has 0 aromatic heterocycles. The molecule has 150 valence electrons. The summed E-state index contributed by atoms with van der Waals surface area (Å²) in [4.78, 5) is -6.53. The van der Waals surface area contributed by atoms with Gasteiger partial charge in [0.05, 0.1) is 32.3 Å². The highest BCUT2D eigenvalue weighted by molar-refractivity contribution is 6.67. The molecule has 0 spiro atoms. The lowest BCUT2D eigenvalue weighted by Crippen LogP contribution is -2.51. The smallest absolute Gasteiger partial charge is 0.169 e. The Kier molecular flexibility index (Phi) is 4.44. The zero-order valence-corrected chi connectivity index (χ0v) is 21.3. The van der Waals surface area contributed by atoms with Crippen LogP contribution in [0.4, 0.5) is 0 Å². The largest absolute Gasteiger partial charge is 0.370 e. The summed E-state index contributed by atoms with van der Waals surface area (Å²) < 4.78 is 2.57. The Balaban J connectivity index is 1.80. The zero-order chi connectivity index (χ0) is 20.3. The van der Waals surface area contributed by atoms with Gasteiger partial charge in [0.1, 0.15) is 19.5 Å². The molecule has 0 aromatic carbocycles. The fourth-order valence-electron chi connectivity index (χ4n) is 5.34. The van der Waals surface area contributed by atoms with Crippen LogP contribution >= 0.6 is 139 Å². The second-order valence-electron chi connectivity index (χ2n) is 7.28. The minimum absolute atomic E-state index is 0.000174. The number of ether oxygens (including phenoxy) is 1. The molecule has 3 fully saturated rings. The second-order valence-corrected chi connectivity index (χ2v) is 13.8. The van der Waals surface area contributed by atoms with Crippen molar-refractivity contribution in [3.8, 4) is 0 Å². The molecular weight excluding hydrogens is 610 g/mol. The lowest BCUT2D eigenvalue weighted by molar-refractivity contribution is 0.0144. The van der Waals surface area contributed by atoms with Gasteiger partial charge in [0.2, 0.25) is 0 Å². The quantitative estimate of drug-likeness (QED) is 0.255. The van der Waals surface area contributed by atoms with Crippen molar-refractivity contribution in [2.24, 2.45) is 11.8 Å². The topological polar surface area (TPSA) is 9.23 Å². The number of allylic oxidation sites excluding steroid dienone is 2. The number of alkyl halides is 8. The van der Waals surface area contributed by atoms with E-state index in [0.717, 1.165) is 0 Å². The monoisotopic (exact) mass is 608 g/mol. The van der Waals surface area contributed by atoms with Crippen LogP contribution in [-0.4, -0.2) is 40.4 Å². The first-order valence-corrected chi connectivity index (χ1v) is 11.9. The molecule has 4 bridgehead atoms. The van der Waals surface area contributed by atoms with Gasteiger partial charge in [-0.25, -0.2) is 0 Å². The van der Waals surface area contributed by atoms with Crippen molar-refractivity contribution in [2.45, 2.75) is 40.4 Å². The first-order chi connectivity index (χ1) is 12.1. The van der Waals surface area contributed by atoms with Crippen molar-refractivity contribution in [3.63, 3.8) is 0 Å². The van der Waals surface area contributed by atoms with E-state index in [1.165, 1.54) is 0 Å². The average molecular weight is 614 g/mol. The highest BCUT2D eigenvalue weighted by atomic mass is 35.5. The van der Waals surface area contributed by atoms with E-state index in [-0.39, 0.29) is 20.1 Å². The summed E-state index contributed by atoms with van der Waals surface area (Å²) in [5, 5.41) is 0.00695. The van der Waals surface area contributed by atoms with E-state index >= 15 is 0 Å². The van der Waals surface area contributed by atoms with Gasteiger partial charge in [0.15, 0.2) is 8.67 Å². The lowest BCUT2D eigenvalue weighted by Gasteiger charge is -2.41. The molecule has 5 rings (SSSR count). The van der Waals surface area contributed by atoms with E-state index in [1.54, 1.807) is 0 Å². The Morgan fingerprint density at radius 3 is 1.04 bits per heavy atom. The molecule has 8 atom stereocenters. The molecule has 0 radical (unpaired) electrons. The first kappa shape index (κ1) is 21.7. The van der Waals surface area contributed by atoms with E-state index < -0.39 is 52.2 Å². The van der Waals surface area contributed by atoms with Crippen molar-refractivity contribution in [2.75, 3.05) is 0 Å². The summed E-state index contributed by atoms with van der Waals surface area (Å²) in [6, 6.07) is 0. The van der Waals surface area contributed by atoms with Gasteiger partial charge in [-0.05, 0) is 0 Å². The normalized spacial score (nSPS) is 59.1. The van der Waals surface area contributed by atoms with Crippen LogP contribution in [0.15, 0.2) is 20.1 Å². The number of hydrogen-bond acceptors (Lipinski definition) is 1. The van der Waals surface area contributed by atoms with Crippen molar-refractivity contribution >= 4 is 139 Å². The zero-order valence-electron chi connectivity index (χ0n) is 12.3. The third-order valence-corrected chi connectivity index (χ3v) is 15.0. The second kappa shape index (κ2) is 5.52. The molecule has 1 heterocycles. The van der Waals surface area contributed by atoms with Crippen molar-refractivity contribution in [1.82, 2.24) is 0 Å². The van der Waals surface area contributed by atoms with E-state index in [0.29, 0.717) is 0 Å². The molecule has 1 saturated heterocycles. The standard InChI is InChI=1S/C14H4Cl12O/c15-3-5(17)11(21)7-1(9(3,19)13(11,23)24)2-8(27-7)12(22)6(18)4(16)10(2,20)14(12,25)26/h1-2,7-8H/t1-,2+,7+,8-,9-,10-,11-,12-/m0/s1. The summed E-state index contributed by atoms with van der Waals surface area (Å²) in [6.07, 6.45) is -1.77. The summed E-state index contributed by atoms with van der Waals surface area (Å²) in [5.74, 6) is -1.50. The molecule has 1 nitrogen and oxygen atoms in total. The molecule has 5 aliphatic rings. The van der Waals surface area contributed by atoms with Crippen LogP contribution in [0.2, 0.25) is 0 Å². The molecular formula is C14H4Cl12O. The van der Waals surface area contributed by atoms with E-state index in [1.807, 2.05) is 0 Å². The van der Waals surface area contributed by atoms with Gasteiger partial charge < -0.3 is 4.74 Å². The summed E-state index contributed by atoms with van der Waals surface area (Å²) in [7, 11) is 0. The van der Waals surface area contributed by atoms with Crippen LogP contribution in [0.3, 0.4) is 0 Å². The van der Waals surface area contributed by atoms with Crippen LogP contribution in [0.5, 0.6) is 0 Å². The number of hydrogen-bond donors (Lipinski definition) is 0. The number of rotatable bonds is 0. The van der Waals surface area contributed by atoms with Crippen molar-refractivity contribution in [3.05, 3.63) is 20.1 Å². The van der Waals surface area contributed by atoms with Gasteiger partial charge >= 0.3 is 0 Å². The maximum atomic E-state index is 6.93. The fourth-order valence-corrected chi connectivity index (χ4v) is 11.2. The molecule has 0 aromatic rings. The Bertz CT molecular complexity index is 811. The molecule has 0 N–H and O–H groups in total. The van der Waals surface area contributed by atoms with Gasteiger partial charge in [-0.1, -0.05) is 92.8 Å². The van der Waals surface area contributed by atoms with Crippen LogP contribution in [0.1, 0.15) is 0 Å². The van der Waals surface area contributed by atoms with E-state index in [9.17, 15) is 0 Å². The maximum absolute atomic E-state index is 6.93. The highest BCUT2D eigenvalue weighted by Gasteiger charge is 2.94. The van der Waals surface area contributed by atoms with Gasteiger partial charge in [-0.3, -0.25) is 0 Å². The van der Waals surface area contributed by atoms with Crippen molar-refractivity contribution in [1.29, 1.82) is 0 Å². The lowest BCUT2D eigenvalue weighted by atomic mass is 9.74. The minimum atomic E-state index is -1.81. The molecule has 1 aliphatic heterocycles. The highest BCUT2D eigenvalue weighted by Crippen LogP contribution is 2.85. The molecule has 13 heteroatoms. The Morgan fingerprint density at radius 2 is 0.741 bits per heavy atom. The minimum Gasteiger partial charge on any atom is -0.370 e. The van der Waals surface area contributed by atoms with Gasteiger partial charge in [0.25, 0.3) is 0 Å². The number of halogens is 12. The first-order valence-electron chi connectivity index (χ1n) is 7.39. The van der Waals surface area contributed by atoms with E-state index in [2.05, 4.69) is 0 Å². The van der Waals surface area contributed by atoms with E-state index in [4.69, 9.17) is 144 Å². The Hall–Kier alpha value is 2.92. The molecule has 4 aliphatic carbocycles. The van der Waals surface area contributed by atoms with Crippen LogP contribution in [-0.2, 0) is 4.74 Å². The molecule has 2 saturated carbocycles. The predicted molar refractivity (Wildman–Crippen MR) is 116 cm³/mol. The Morgan fingerprint density at radius 1 is 0.481 bits per heavy atom. The summed E-state index contributed by atoms with van der Waals surface area (Å²) >= 11 is 79.6. The number of fused-ring (bicyclic) bond motifs is 11. The predicted octanol–water partition coefficient (Wildman–Crippen LogP) is 7.68. The SMILES string of the molecule is ClC1=C(Cl)[C@]2(Cl)[C@@H]3O[C@H]4[C@@H]([C@@H]3[C@@]1(Cl)C2(Cl)Cl)[C@]1(Cl)C(Cl)=C(Cl)[C@@]4(Cl)C1(Cl)Cl. The molecule has 0 unspecified atom stereocenters. The van der Waals surface area contributed by atoms with Crippen LogP contribution in [0, 0.1) is 11.8 Å². The fraction of sp³-hybridized carbons (Fsp3) is 0.714. The van der Waals surface area contributed by atoms with Gasteiger partial charge in [-0.15, -0.1) is 46.4 Å². The maximum Gasteiger partial charge on any atom is 0.169 e. The third-order valence-electron chi connectivity index (χ3n) is 6.53. The van der Waals surface area contributed by atoms with Gasteiger partial charge in [-0.2, -0.15) is 0 Å². The summed E-state index contributed by atoms with van der Waals surface area (Å²) in [5.41, 5.74) is 0. The average Bonchev–Trinajstić information content (AvgIpc) is 3.16. The van der Waals surface area contributed by atoms with Gasteiger partial charge in [0, 0.05) is 11.8 Å². The molecule has 0 amide bonds. The summed E-state index contributed by atoms with van der Waals surface area (Å²) in [6.45, 7) is 0.